The van der Waals surface area contributed by atoms with Gasteiger partial charge in [0.1, 0.15) is 11.4 Å². The van der Waals surface area contributed by atoms with Gasteiger partial charge in [0.15, 0.2) is 0 Å². The van der Waals surface area contributed by atoms with Gasteiger partial charge >= 0.3 is 6.09 Å². The smallest absolute Gasteiger partial charge is 0.407 e. The first-order valence-electron chi connectivity index (χ1n) is 8.55. The van der Waals surface area contributed by atoms with Gasteiger partial charge in [0, 0.05) is 12.4 Å². The zero-order valence-electron chi connectivity index (χ0n) is 15.9. The summed E-state index contributed by atoms with van der Waals surface area (Å²) >= 11 is 3.29. The van der Waals surface area contributed by atoms with Crippen LogP contribution in [0.5, 0.6) is 0 Å². The number of carbonyl (C=O) groups excluding carboxylic acids is 1. The number of carbonyl (C=O) groups is 1. The quantitative estimate of drug-likeness (QED) is 0.748. The second kappa shape index (κ2) is 9.14. The molecule has 27 heavy (non-hydrogen) atoms. The van der Waals surface area contributed by atoms with E-state index in [0.717, 1.165) is 5.56 Å². The molecule has 0 spiro atoms. The summed E-state index contributed by atoms with van der Waals surface area (Å²) in [6.45, 7) is 7.84. The van der Waals surface area contributed by atoms with Crippen LogP contribution < -0.4 is 10.9 Å². The molecule has 8 heteroatoms. The van der Waals surface area contributed by atoms with Crippen molar-refractivity contribution in [3.05, 3.63) is 57.0 Å². The molecule has 0 unspecified atom stereocenters. The number of nitrogens with one attached hydrogen (secondary N) is 1. The Kier molecular flexibility index (Phi) is 7.15. The molecule has 0 aliphatic rings. The van der Waals surface area contributed by atoms with Gasteiger partial charge in [-0.1, -0.05) is 6.07 Å². The molecule has 0 aromatic carbocycles. The predicted octanol–water partition coefficient (Wildman–Crippen LogP) is 3.42. The summed E-state index contributed by atoms with van der Waals surface area (Å²) in [5.41, 5.74) is 0.0600. The van der Waals surface area contributed by atoms with Crippen molar-refractivity contribution in [2.45, 2.75) is 45.9 Å². The van der Waals surface area contributed by atoms with E-state index in [1.54, 1.807) is 30.6 Å². The molecule has 0 saturated carbocycles. The number of halogens is 1. The maximum Gasteiger partial charge on any atom is 0.407 e. The lowest BCUT2D eigenvalue weighted by Gasteiger charge is -2.22. The van der Waals surface area contributed by atoms with Crippen LogP contribution in [0.15, 0.2) is 45.9 Å². The average molecular weight is 438 g/mol. The van der Waals surface area contributed by atoms with Crippen LogP contribution in [-0.2, 0) is 16.1 Å². The molecule has 2 rings (SSSR count). The Morgan fingerprint density at radius 2 is 2.11 bits per heavy atom. The molecule has 0 aliphatic heterocycles. The van der Waals surface area contributed by atoms with Gasteiger partial charge < -0.3 is 14.8 Å². The standard InChI is InChI=1S/C19H24BrN3O4/c1-13(22-18(25)27-19(2,3)4)11-26-12-14-9-15(20)17(24)23(10-14)16-7-5-6-8-21-16/h5-10,13H,11-12H2,1-4H3,(H,22,25)/t13-/m1/s1. The summed E-state index contributed by atoms with van der Waals surface area (Å²) in [6.07, 6.45) is 2.84. The number of rotatable bonds is 6. The van der Waals surface area contributed by atoms with Gasteiger partial charge in [-0.25, -0.2) is 9.78 Å². The molecule has 0 saturated heterocycles. The Hall–Kier alpha value is -2.19. The monoisotopic (exact) mass is 437 g/mol. The fraction of sp³-hybridized carbons (Fsp3) is 0.421. The molecule has 0 aliphatic carbocycles. The van der Waals surface area contributed by atoms with Crippen LogP contribution in [0.4, 0.5) is 4.79 Å². The van der Waals surface area contributed by atoms with Gasteiger partial charge in [-0.3, -0.25) is 9.36 Å². The van der Waals surface area contributed by atoms with E-state index in [-0.39, 0.29) is 18.2 Å². The molecule has 1 N–H and O–H groups in total. The van der Waals surface area contributed by atoms with E-state index in [1.165, 1.54) is 4.57 Å². The minimum atomic E-state index is -0.546. The molecule has 2 aromatic heterocycles. The Balaban J connectivity index is 1.96. The zero-order valence-corrected chi connectivity index (χ0v) is 17.4. The highest BCUT2D eigenvalue weighted by atomic mass is 79.9. The van der Waals surface area contributed by atoms with Crippen LogP contribution in [0.1, 0.15) is 33.3 Å². The zero-order chi connectivity index (χ0) is 20.0. The van der Waals surface area contributed by atoms with Crippen LogP contribution in [-0.4, -0.2) is 33.9 Å². The minimum Gasteiger partial charge on any atom is -0.444 e. The Morgan fingerprint density at radius 3 is 2.74 bits per heavy atom. The Labute approximate surface area is 166 Å². The van der Waals surface area contributed by atoms with Gasteiger partial charge in [0.05, 0.1) is 23.7 Å². The molecule has 2 heterocycles. The molecule has 2 aromatic rings. The highest BCUT2D eigenvalue weighted by Crippen LogP contribution is 2.12. The number of hydrogen-bond acceptors (Lipinski definition) is 5. The second-order valence-corrected chi connectivity index (χ2v) is 7.98. The average Bonchev–Trinajstić information content (AvgIpc) is 2.56. The maximum atomic E-state index is 12.3. The van der Waals surface area contributed by atoms with Gasteiger partial charge in [-0.05, 0) is 67.4 Å². The van der Waals surface area contributed by atoms with Crippen molar-refractivity contribution in [3.63, 3.8) is 0 Å². The lowest BCUT2D eigenvalue weighted by Crippen LogP contribution is -2.39. The van der Waals surface area contributed by atoms with Crippen LogP contribution in [0.2, 0.25) is 0 Å². The van der Waals surface area contributed by atoms with Crippen molar-refractivity contribution >= 4 is 22.0 Å². The summed E-state index contributed by atoms with van der Waals surface area (Å²) < 4.78 is 12.8. The molecule has 0 radical (unpaired) electrons. The molecular formula is C19H24BrN3O4. The van der Waals surface area contributed by atoms with Crippen LogP contribution in [0.25, 0.3) is 5.82 Å². The molecule has 146 valence electrons. The van der Waals surface area contributed by atoms with E-state index >= 15 is 0 Å². The second-order valence-electron chi connectivity index (χ2n) is 7.12. The van der Waals surface area contributed by atoms with Gasteiger partial charge in [0.25, 0.3) is 5.56 Å². The van der Waals surface area contributed by atoms with E-state index in [0.29, 0.717) is 16.9 Å². The summed E-state index contributed by atoms with van der Waals surface area (Å²) in [4.78, 5) is 28.3. The molecular weight excluding hydrogens is 414 g/mol. The van der Waals surface area contributed by atoms with Crippen molar-refractivity contribution in [2.75, 3.05) is 6.61 Å². The van der Waals surface area contributed by atoms with Crippen molar-refractivity contribution in [2.24, 2.45) is 0 Å². The predicted molar refractivity (Wildman–Crippen MR) is 106 cm³/mol. The van der Waals surface area contributed by atoms with E-state index < -0.39 is 11.7 Å². The fourth-order valence-electron chi connectivity index (χ4n) is 2.25. The highest BCUT2D eigenvalue weighted by molar-refractivity contribution is 9.10. The van der Waals surface area contributed by atoms with E-state index in [1.807, 2.05) is 33.8 Å². The summed E-state index contributed by atoms with van der Waals surface area (Å²) in [5, 5.41) is 2.72. The summed E-state index contributed by atoms with van der Waals surface area (Å²) in [7, 11) is 0. The molecule has 0 bridgehead atoms. The highest BCUT2D eigenvalue weighted by Gasteiger charge is 2.17. The maximum absolute atomic E-state index is 12.3. The van der Waals surface area contributed by atoms with Crippen molar-refractivity contribution < 1.29 is 14.3 Å². The number of nitrogens with zero attached hydrogens (tertiary/aromatic N) is 2. The lowest BCUT2D eigenvalue weighted by molar-refractivity contribution is 0.0442. The number of ether oxygens (including phenoxy) is 2. The minimum absolute atomic E-state index is 0.197. The number of amides is 1. The van der Waals surface area contributed by atoms with Crippen molar-refractivity contribution in [1.29, 1.82) is 0 Å². The Bertz CT molecular complexity index is 831. The number of pyridine rings is 2. The number of aromatic nitrogens is 2. The fourth-order valence-corrected chi connectivity index (χ4v) is 2.74. The first kappa shape index (κ1) is 21.1. The third kappa shape index (κ3) is 6.80. The topological polar surface area (TPSA) is 82.5 Å². The SMILES string of the molecule is C[C@H](COCc1cc(Br)c(=O)n(-c2ccccn2)c1)NC(=O)OC(C)(C)C. The first-order valence-corrected chi connectivity index (χ1v) is 9.35. The first-order chi connectivity index (χ1) is 12.7. The van der Waals surface area contributed by atoms with E-state index in [2.05, 4.69) is 26.2 Å². The number of alkyl carbamates (subject to hydrolysis) is 1. The third-order valence-corrected chi connectivity index (χ3v) is 3.89. The lowest BCUT2D eigenvalue weighted by atomic mass is 10.2. The van der Waals surface area contributed by atoms with Gasteiger partial charge in [-0.15, -0.1) is 0 Å². The number of hydrogen-bond donors (Lipinski definition) is 1. The molecule has 0 fully saturated rings. The van der Waals surface area contributed by atoms with Crippen LogP contribution in [0, 0.1) is 0 Å². The van der Waals surface area contributed by atoms with E-state index in [9.17, 15) is 9.59 Å². The van der Waals surface area contributed by atoms with Crippen LogP contribution in [0.3, 0.4) is 0 Å². The van der Waals surface area contributed by atoms with Crippen LogP contribution >= 0.6 is 15.9 Å². The summed E-state index contributed by atoms with van der Waals surface area (Å²) in [5.74, 6) is 0.532. The largest absolute Gasteiger partial charge is 0.444 e. The third-order valence-electron chi connectivity index (χ3n) is 3.33. The van der Waals surface area contributed by atoms with Gasteiger partial charge in [-0.2, -0.15) is 0 Å². The van der Waals surface area contributed by atoms with Gasteiger partial charge in [0.2, 0.25) is 0 Å². The summed E-state index contributed by atoms with van der Waals surface area (Å²) in [6, 6.07) is 6.86. The molecule has 7 nitrogen and oxygen atoms in total. The normalized spacial score (nSPS) is 12.5. The van der Waals surface area contributed by atoms with Crippen molar-refractivity contribution in [1.82, 2.24) is 14.9 Å². The Morgan fingerprint density at radius 1 is 1.37 bits per heavy atom. The molecule has 1 amide bonds. The van der Waals surface area contributed by atoms with E-state index in [4.69, 9.17) is 9.47 Å². The molecule has 1 atom stereocenters. The van der Waals surface area contributed by atoms with Crippen molar-refractivity contribution in [3.8, 4) is 5.82 Å².